The first kappa shape index (κ1) is 16.4. The molecule has 110 valence electrons. The summed E-state index contributed by atoms with van der Waals surface area (Å²) in [5.74, 6) is 0.365. The Morgan fingerprint density at radius 3 is 2.10 bits per heavy atom. The van der Waals surface area contributed by atoms with Gasteiger partial charge in [0.15, 0.2) is 5.78 Å². The van der Waals surface area contributed by atoms with Gasteiger partial charge >= 0.3 is 0 Å². The summed E-state index contributed by atoms with van der Waals surface area (Å²) in [7, 11) is 1.77. The van der Waals surface area contributed by atoms with Crippen LogP contribution in [0.5, 0.6) is 0 Å². The summed E-state index contributed by atoms with van der Waals surface area (Å²) in [5.41, 5.74) is 7.19. The highest BCUT2D eigenvalue weighted by Crippen LogP contribution is 2.09. The molecular weight excluding hydrogens is 252 g/mol. The average Bonchev–Trinajstić information content (AvgIpc) is 2.43. The fraction of sp³-hybridized carbons (Fsp3) is 0.500. The molecule has 2 N–H and O–H groups in total. The average molecular weight is 276 g/mol. The standard InChI is InChI=1S/C16H24N2O2/c1-11(2)15(17)9-10-18(4)16(20)14-7-5-13(6-8-14)12(3)19/h5-8,11,15H,9-10,17H2,1-4H3. The lowest BCUT2D eigenvalue weighted by Gasteiger charge is -2.21. The van der Waals surface area contributed by atoms with Crippen LogP contribution < -0.4 is 5.73 Å². The molecule has 1 aromatic rings. The van der Waals surface area contributed by atoms with Crippen LogP contribution >= 0.6 is 0 Å². The third-order valence-corrected chi connectivity index (χ3v) is 3.54. The first-order chi connectivity index (χ1) is 9.32. The van der Waals surface area contributed by atoms with Crippen molar-refractivity contribution in [1.82, 2.24) is 4.90 Å². The van der Waals surface area contributed by atoms with Crippen LogP contribution in [-0.4, -0.2) is 36.2 Å². The fourth-order valence-corrected chi connectivity index (χ4v) is 1.85. The molecule has 4 heteroatoms. The van der Waals surface area contributed by atoms with Gasteiger partial charge < -0.3 is 10.6 Å². The Morgan fingerprint density at radius 2 is 1.65 bits per heavy atom. The molecule has 1 atom stereocenters. The van der Waals surface area contributed by atoms with E-state index in [9.17, 15) is 9.59 Å². The van der Waals surface area contributed by atoms with Crippen LogP contribution in [-0.2, 0) is 0 Å². The van der Waals surface area contributed by atoms with Crippen molar-refractivity contribution < 1.29 is 9.59 Å². The lowest BCUT2D eigenvalue weighted by atomic mass is 10.0. The Morgan fingerprint density at radius 1 is 1.15 bits per heavy atom. The van der Waals surface area contributed by atoms with Crippen LogP contribution in [0.1, 0.15) is 47.9 Å². The van der Waals surface area contributed by atoms with Crippen LogP contribution in [0.2, 0.25) is 0 Å². The summed E-state index contributed by atoms with van der Waals surface area (Å²) in [6.45, 7) is 6.29. The maximum absolute atomic E-state index is 12.2. The Bertz CT molecular complexity index is 466. The van der Waals surface area contributed by atoms with E-state index in [0.29, 0.717) is 23.6 Å². The number of nitrogens with two attached hydrogens (primary N) is 1. The number of hydrogen-bond acceptors (Lipinski definition) is 3. The van der Waals surface area contributed by atoms with Crippen molar-refractivity contribution in [3.63, 3.8) is 0 Å². The Kier molecular flexibility index (Phi) is 5.89. The highest BCUT2D eigenvalue weighted by molar-refractivity contribution is 5.97. The molecule has 0 heterocycles. The molecule has 20 heavy (non-hydrogen) atoms. The maximum atomic E-state index is 12.2. The van der Waals surface area contributed by atoms with Crippen LogP contribution in [0.3, 0.4) is 0 Å². The Labute approximate surface area is 121 Å². The summed E-state index contributed by atoms with van der Waals surface area (Å²) in [4.78, 5) is 25.1. The van der Waals surface area contributed by atoms with Crippen LogP contribution in [0.4, 0.5) is 0 Å². The van der Waals surface area contributed by atoms with E-state index in [1.807, 2.05) is 0 Å². The molecule has 0 aromatic heterocycles. The predicted molar refractivity (Wildman–Crippen MR) is 80.8 cm³/mol. The van der Waals surface area contributed by atoms with Crippen molar-refractivity contribution in [2.24, 2.45) is 11.7 Å². The first-order valence-corrected chi connectivity index (χ1v) is 6.95. The molecule has 1 aromatic carbocycles. The van der Waals surface area contributed by atoms with Gasteiger partial charge in [-0.15, -0.1) is 0 Å². The summed E-state index contributed by atoms with van der Waals surface area (Å²) in [6, 6.07) is 6.85. The topological polar surface area (TPSA) is 63.4 Å². The van der Waals surface area contributed by atoms with Crippen molar-refractivity contribution in [3.8, 4) is 0 Å². The van der Waals surface area contributed by atoms with Gasteiger partial charge in [-0.1, -0.05) is 26.0 Å². The first-order valence-electron chi connectivity index (χ1n) is 6.95. The van der Waals surface area contributed by atoms with E-state index in [-0.39, 0.29) is 17.7 Å². The molecule has 1 unspecified atom stereocenters. The van der Waals surface area contributed by atoms with Gasteiger partial charge in [-0.2, -0.15) is 0 Å². The molecular formula is C16H24N2O2. The van der Waals surface area contributed by atoms with E-state index in [2.05, 4.69) is 13.8 Å². The smallest absolute Gasteiger partial charge is 0.253 e. The van der Waals surface area contributed by atoms with E-state index in [4.69, 9.17) is 5.73 Å². The van der Waals surface area contributed by atoms with Crippen molar-refractivity contribution >= 4 is 11.7 Å². The minimum atomic E-state index is -0.0453. The van der Waals surface area contributed by atoms with E-state index >= 15 is 0 Å². The zero-order chi connectivity index (χ0) is 15.3. The number of rotatable bonds is 6. The molecule has 0 saturated carbocycles. The van der Waals surface area contributed by atoms with Crippen molar-refractivity contribution in [2.45, 2.75) is 33.2 Å². The molecule has 4 nitrogen and oxygen atoms in total. The minimum absolute atomic E-state index is 0.000241. The summed E-state index contributed by atoms with van der Waals surface area (Å²) in [6.07, 6.45) is 0.783. The van der Waals surface area contributed by atoms with Crippen molar-refractivity contribution in [2.75, 3.05) is 13.6 Å². The minimum Gasteiger partial charge on any atom is -0.342 e. The summed E-state index contributed by atoms with van der Waals surface area (Å²) >= 11 is 0. The maximum Gasteiger partial charge on any atom is 0.253 e. The number of ketones is 1. The molecule has 0 aliphatic rings. The number of nitrogens with zero attached hydrogens (tertiary/aromatic N) is 1. The summed E-state index contributed by atoms with van der Waals surface area (Å²) < 4.78 is 0. The molecule has 0 fully saturated rings. The van der Waals surface area contributed by atoms with Crippen LogP contribution in [0, 0.1) is 5.92 Å². The van der Waals surface area contributed by atoms with Gasteiger partial charge in [-0.05, 0) is 31.4 Å². The quantitative estimate of drug-likeness (QED) is 0.811. The van der Waals surface area contributed by atoms with Gasteiger partial charge in [0.25, 0.3) is 5.91 Å². The molecule has 1 amide bonds. The lowest BCUT2D eigenvalue weighted by molar-refractivity contribution is 0.0788. The van der Waals surface area contributed by atoms with Gasteiger partial charge in [-0.25, -0.2) is 0 Å². The Hall–Kier alpha value is -1.68. The molecule has 0 aliphatic heterocycles. The van der Waals surface area contributed by atoms with E-state index in [1.165, 1.54) is 6.92 Å². The molecule has 0 saturated heterocycles. The predicted octanol–water partition coefficient (Wildman–Crippen LogP) is 2.33. The number of carbonyl (C=O) groups is 2. The number of benzene rings is 1. The molecule has 1 rings (SSSR count). The van der Waals surface area contributed by atoms with E-state index in [1.54, 1.807) is 36.2 Å². The number of Topliss-reactive ketones (excluding diaryl/α,β-unsaturated/α-hetero) is 1. The van der Waals surface area contributed by atoms with Gasteiger partial charge in [0.2, 0.25) is 0 Å². The largest absolute Gasteiger partial charge is 0.342 e. The van der Waals surface area contributed by atoms with Gasteiger partial charge in [0.05, 0.1) is 0 Å². The normalized spacial score (nSPS) is 12.3. The molecule has 0 radical (unpaired) electrons. The third-order valence-electron chi connectivity index (χ3n) is 3.54. The second-order valence-electron chi connectivity index (χ2n) is 5.56. The number of hydrogen-bond donors (Lipinski definition) is 1. The zero-order valence-corrected chi connectivity index (χ0v) is 12.7. The molecule has 0 bridgehead atoms. The molecule has 0 spiro atoms. The molecule has 0 aliphatic carbocycles. The second kappa shape index (κ2) is 7.20. The van der Waals surface area contributed by atoms with Gasteiger partial charge in [0.1, 0.15) is 0 Å². The van der Waals surface area contributed by atoms with Gasteiger partial charge in [-0.3, -0.25) is 9.59 Å². The third kappa shape index (κ3) is 4.46. The highest BCUT2D eigenvalue weighted by Gasteiger charge is 2.14. The highest BCUT2D eigenvalue weighted by atomic mass is 16.2. The summed E-state index contributed by atoms with van der Waals surface area (Å²) in [5, 5.41) is 0. The van der Waals surface area contributed by atoms with Crippen LogP contribution in [0.15, 0.2) is 24.3 Å². The van der Waals surface area contributed by atoms with Crippen molar-refractivity contribution in [3.05, 3.63) is 35.4 Å². The lowest BCUT2D eigenvalue weighted by Crippen LogP contribution is -2.34. The number of carbonyl (C=O) groups excluding carboxylic acids is 2. The number of amides is 1. The monoisotopic (exact) mass is 276 g/mol. The van der Waals surface area contributed by atoms with E-state index < -0.39 is 0 Å². The van der Waals surface area contributed by atoms with Crippen LogP contribution in [0.25, 0.3) is 0 Å². The van der Waals surface area contributed by atoms with E-state index in [0.717, 1.165) is 6.42 Å². The zero-order valence-electron chi connectivity index (χ0n) is 12.7. The fourth-order valence-electron chi connectivity index (χ4n) is 1.85. The SMILES string of the molecule is CC(=O)c1ccc(C(=O)N(C)CCC(N)C(C)C)cc1. The van der Waals surface area contributed by atoms with Crippen molar-refractivity contribution in [1.29, 1.82) is 0 Å². The second-order valence-corrected chi connectivity index (χ2v) is 5.56. The Balaban J connectivity index is 2.62. The van der Waals surface area contributed by atoms with Gasteiger partial charge in [0, 0.05) is 30.8 Å².